The molecule has 0 rings (SSSR count). The van der Waals surface area contributed by atoms with Gasteiger partial charge in [0.25, 0.3) is 0 Å². The third-order valence-corrected chi connectivity index (χ3v) is 3.10. The number of allylic oxidation sites excluding steroid dienone is 6. The van der Waals surface area contributed by atoms with Crippen molar-refractivity contribution in [1.82, 2.24) is 10.6 Å². The monoisotopic (exact) mass is 348 g/mol. The predicted octanol–water partition coefficient (Wildman–Crippen LogP) is 4.74. The van der Waals surface area contributed by atoms with E-state index < -0.39 is 11.7 Å². The zero-order valence-electron chi connectivity index (χ0n) is 16.5. The zero-order valence-corrected chi connectivity index (χ0v) is 16.5. The Balaban J connectivity index is 5.10. The first-order valence-corrected chi connectivity index (χ1v) is 8.57. The highest BCUT2D eigenvalue weighted by Gasteiger charge is 2.18. The Morgan fingerprint density at radius 1 is 1.08 bits per heavy atom. The Morgan fingerprint density at radius 2 is 1.72 bits per heavy atom. The third-order valence-electron chi connectivity index (χ3n) is 3.10. The first kappa shape index (κ1) is 22.7. The van der Waals surface area contributed by atoms with Crippen LogP contribution in [0.3, 0.4) is 0 Å². The fourth-order valence-electron chi connectivity index (χ4n) is 1.80. The maximum absolute atomic E-state index is 12.4. The van der Waals surface area contributed by atoms with Crippen molar-refractivity contribution >= 4 is 12.0 Å². The van der Waals surface area contributed by atoms with Gasteiger partial charge in [0.1, 0.15) is 11.4 Å². The fraction of sp³-hybridized carbons (Fsp3) is 0.500. The van der Waals surface area contributed by atoms with Crippen molar-refractivity contribution in [3.05, 3.63) is 47.3 Å². The van der Waals surface area contributed by atoms with E-state index in [2.05, 4.69) is 10.6 Å². The van der Waals surface area contributed by atoms with Gasteiger partial charge in [-0.3, -0.25) is 10.1 Å². The van der Waals surface area contributed by atoms with E-state index in [0.29, 0.717) is 12.2 Å². The van der Waals surface area contributed by atoms with Crippen molar-refractivity contribution in [3.63, 3.8) is 0 Å². The minimum atomic E-state index is -0.604. The summed E-state index contributed by atoms with van der Waals surface area (Å²) >= 11 is 0. The second kappa shape index (κ2) is 11.3. The normalized spacial score (nSPS) is 13.8. The van der Waals surface area contributed by atoms with Gasteiger partial charge in [-0.2, -0.15) is 0 Å². The summed E-state index contributed by atoms with van der Waals surface area (Å²) in [4.78, 5) is 24.3. The lowest BCUT2D eigenvalue weighted by Crippen LogP contribution is -2.39. The molecule has 140 valence electrons. The Morgan fingerprint density at radius 3 is 2.20 bits per heavy atom. The molecule has 2 amide bonds. The number of ether oxygens (including phenoxy) is 1. The van der Waals surface area contributed by atoms with Crippen LogP contribution < -0.4 is 10.6 Å². The zero-order chi connectivity index (χ0) is 19.5. The number of carbonyl (C=O) groups excluding carboxylic acids is 2. The minimum Gasteiger partial charge on any atom is -0.444 e. The van der Waals surface area contributed by atoms with E-state index in [4.69, 9.17) is 4.74 Å². The lowest BCUT2D eigenvalue weighted by molar-refractivity contribution is -0.119. The molecule has 0 aliphatic rings. The van der Waals surface area contributed by atoms with Crippen LogP contribution in [0.5, 0.6) is 0 Å². The molecule has 0 bridgehead atoms. The molecule has 0 aromatic rings. The van der Waals surface area contributed by atoms with E-state index in [1.54, 1.807) is 20.8 Å². The van der Waals surface area contributed by atoms with Crippen molar-refractivity contribution in [1.29, 1.82) is 0 Å². The van der Waals surface area contributed by atoms with Crippen molar-refractivity contribution in [3.8, 4) is 0 Å². The largest absolute Gasteiger partial charge is 0.444 e. The smallest absolute Gasteiger partial charge is 0.413 e. The summed E-state index contributed by atoms with van der Waals surface area (Å²) in [7, 11) is 0. The van der Waals surface area contributed by atoms with Gasteiger partial charge < -0.3 is 10.1 Å². The second-order valence-corrected chi connectivity index (χ2v) is 6.63. The predicted molar refractivity (Wildman–Crippen MR) is 103 cm³/mol. The van der Waals surface area contributed by atoms with Crippen LogP contribution >= 0.6 is 0 Å². The number of hydrogen-bond donors (Lipinski definition) is 2. The molecule has 5 heteroatoms. The van der Waals surface area contributed by atoms with Crippen LogP contribution in [0.25, 0.3) is 0 Å². The molecular formula is C20H32N2O3. The Hall–Kier alpha value is -2.30. The highest BCUT2D eigenvalue weighted by molar-refractivity contribution is 5.82. The minimum absolute atomic E-state index is 0.201. The second-order valence-electron chi connectivity index (χ2n) is 6.63. The Kier molecular flexibility index (Phi) is 10.2. The maximum atomic E-state index is 12.4. The molecule has 2 N–H and O–H groups in total. The van der Waals surface area contributed by atoms with E-state index in [1.807, 2.05) is 58.1 Å². The SMILES string of the molecule is C\C=C/C=C(\C=C/C)CC(=O)N/C(NC(=O)OC(C)(C)C)=C(\C)CC. The van der Waals surface area contributed by atoms with E-state index in [1.165, 1.54) is 0 Å². The molecular weight excluding hydrogens is 316 g/mol. The van der Waals surface area contributed by atoms with E-state index >= 15 is 0 Å². The van der Waals surface area contributed by atoms with Gasteiger partial charge in [0.15, 0.2) is 0 Å². The van der Waals surface area contributed by atoms with Gasteiger partial charge in [-0.15, -0.1) is 0 Å². The van der Waals surface area contributed by atoms with Crippen molar-refractivity contribution < 1.29 is 14.3 Å². The molecule has 0 fully saturated rings. The van der Waals surface area contributed by atoms with Crippen molar-refractivity contribution in [2.24, 2.45) is 0 Å². The highest BCUT2D eigenvalue weighted by Crippen LogP contribution is 2.10. The summed E-state index contributed by atoms with van der Waals surface area (Å²) in [5.41, 5.74) is 1.14. The lowest BCUT2D eigenvalue weighted by Gasteiger charge is -2.21. The van der Waals surface area contributed by atoms with Crippen LogP contribution in [-0.4, -0.2) is 17.6 Å². The van der Waals surface area contributed by atoms with E-state index in [9.17, 15) is 9.59 Å². The molecule has 0 spiro atoms. The molecule has 0 atom stereocenters. The topological polar surface area (TPSA) is 67.4 Å². The first-order valence-electron chi connectivity index (χ1n) is 8.57. The molecule has 0 aromatic heterocycles. The summed E-state index contributed by atoms with van der Waals surface area (Å²) < 4.78 is 5.25. The van der Waals surface area contributed by atoms with Crippen LogP contribution in [-0.2, 0) is 9.53 Å². The number of carbonyl (C=O) groups is 2. The number of alkyl carbamates (subject to hydrolysis) is 1. The number of hydrogen-bond acceptors (Lipinski definition) is 3. The molecule has 0 saturated heterocycles. The molecule has 0 saturated carbocycles. The molecule has 0 radical (unpaired) electrons. The van der Waals surface area contributed by atoms with E-state index in [-0.39, 0.29) is 12.3 Å². The van der Waals surface area contributed by atoms with Gasteiger partial charge in [-0.1, -0.05) is 37.3 Å². The van der Waals surface area contributed by atoms with Gasteiger partial charge in [0.2, 0.25) is 5.91 Å². The van der Waals surface area contributed by atoms with Crippen molar-refractivity contribution in [2.75, 3.05) is 0 Å². The summed E-state index contributed by atoms with van der Waals surface area (Å²) in [5.74, 6) is 0.181. The Bertz CT molecular complexity index is 576. The average molecular weight is 348 g/mol. The number of nitrogens with one attached hydrogen (secondary N) is 2. The molecule has 0 heterocycles. The third kappa shape index (κ3) is 11.0. The standard InChI is InChI=1S/C20H32N2O3/c1-8-11-13-16(12-9-2)14-17(23)21-18(15(4)10-3)22-19(24)25-20(5,6)7/h8-9,11-13H,10,14H2,1-7H3,(H,21,23)(H,22,24)/b11-8-,12-9-,16-13+,18-15-. The molecule has 0 aliphatic carbocycles. The van der Waals surface area contributed by atoms with Crippen LogP contribution in [0.2, 0.25) is 0 Å². The van der Waals surface area contributed by atoms with Gasteiger partial charge in [0, 0.05) is 0 Å². The summed E-state index contributed by atoms with van der Waals surface area (Å²) in [6, 6.07) is 0. The van der Waals surface area contributed by atoms with Crippen LogP contribution in [0.1, 0.15) is 61.3 Å². The van der Waals surface area contributed by atoms with Crippen molar-refractivity contribution in [2.45, 2.75) is 66.9 Å². The average Bonchev–Trinajstić information content (AvgIpc) is 2.49. The van der Waals surface area contributed by atoms with Crippen LogP contribution in [0.15, 0.2) is 47.3 Å². The summed E-state index contributed by atoms with van der Waals surface area (Å²) in [6.07, 6.45) is 9.76. The van der Waals surface area contributed by atoms with Gasteiger partial charge >= 0.3 is 6.09 Å². The molecule has 0 aliphatic heterocycles. The summed E-state index contributed by atoms with van der Waals surface area (Å²) in [5, 5.41) is 5.42. The quantitative estimate of drug-likeness (QED) is 0.653. The van der Waals surface area contributed by atoms with Crippen LogP contribution in [0.4, 0.5) is 4.79 Å². The molecule has 25 heavy (non-hydrogen) atoms. The summed E-state index contributed by atoms with van der Waals surface area (Å²) in [6.45, 7) is 13.0. The molecule has 0 aromatic carbocycles. The molecule has 5 nitrogen and oxygen atoms in total. The number of rotatable bonds is 7. The first-order chi connectivity index (χ1) is 11.6. The van der Waals surface area contributed by atoms with Gasteiger partial charge in [0.05, 0.1) is 6.42 Å². The number of amides is 2. The van der Waals surface area contributed by atoms with E-state index in [0.717, 1.165) is 11.1 Å². The van der Waals surface area contributed by atoms with Gasteiger partial charge in [-0.05, 0) is 59.1 Å². The fourth-order valence-corrected chi connectivity index (χ4v) is 1.80. The lowest BCUT2D eigenvalue weighted by atomic mass is 10.1. The Labute approximate surface area is 151 Å². The van der Waals surface area contributed by atoms with Crippen LogP contribution in [0, 0.1) is 0 Å². The molecule has 0 unspecified atom stereocenters. The maximum Gasteiger partial charge on any atom is 0.413 e. The van der Waals surface area contributed by atoms with Gasteiger partial charge in [-0.25, -0.2) is 4.79 Å². The highest BCUT2D eigenvalue weighted by atomic mass is 16.6.